The van der Waals surface area contributed by atoms with Gasteiger partial charge in [-0.05, 0) is 31.4 Å². The third-order valence-electron chi connectivity index (χ3n) is 3.56. The number of unbranched alkanes of at least 4 members (excludes halogenated alkanes) is 3. The van der Waals surface area contributed by atoms with Gasteiger partial charge in [-0.3, -0.25) is 0 Å². The second-order valence-electron chi connectivity index (χ2n) is 5.10. The first-order valence-corrected chi connectivity index (χ1v) is 7.38. The predicted molar refractivity (Wildman–Crippen MR) is 77.5 cm³/mol. The zero-order valence-corrected chi connectivity index (χ0v) is 11.5. The first kappa shape index (κ1) is 13.3. The maximum absolute atomic E-state index is 5.83. The van der Waals surface area contributed by atoms with Crippen LogP contribution >= 0.6 is 0 Å². The van der Waals surface area contributed by atoms with Gasteiger partial charge in [0.1, 0.15) is 5.75 Å². The van der Waals surface area contributed by atoms with Gasteiger partial charge >= 0.3 is 0 Å². The van der Waals surface area contributed by atoms with Crippen molar-refractivity contribution >= 4 is 5.69 Å². The summed E-state index contributed by atoms with van der Waals surface area (Å²) in [6, 6.07) is 8.55. The first-order valence-electron chi connectivity index (χ1n) is 7.38. The topological polar surface area (TPSA) is 12.5 Å². The molecule has 1 fully saturated rings. The van der Waals surface area contributed by atoms with Crippen molar-refractivity contribution in [3.63, 3.8) is 0 Å². The Bertz CT molecular complexity index is 345. The molecule has 2 nitrogen and oxygen atoms in total. The molecule has 0 aromatic heterocycles. The van der Waals surface area contributed by atoms with E-state index in [9.17, 15) is 0 Å². The molecule has 0 bridgehead atoms. The summed E-state index contributed by atoms with van der Waals surface area (Å²) in [7, 11) is 0. The molecule has 1 aromatic rings. The molecule has 0 radical (unpaired) electrons. The fraction of sp³-hybridized carbons (Fsp3) is 0.625. The lowest BCUT2D eigenvalue weighted by molar-refractivity contribution is 0.305. The van der Waals surface area contributed by atoms with Crippen LogP contribution in [0.5, 0.6) is 5.75 Å². The molecule has 1 aliphatic heterocycles. The van der Waals surface area contributed by atoms with Crippen LogP contribution in [-0.2, 0) is 0 Å². The molecule has 2 rings (SSSR count). The van der Waals surface area contributed by atoms with Gasteiger partial charge in [0.05, 0.1) is 6.61 Å². The summed E-state index contributed by atoms with van der Waals surface area (Å²) in [5, 5.41) is 0. The molecule has 1 saturated heterocycles. The largest absolute Gasteiger partial charge is 0.494 e. The maximum Gasteiger partial charge on any atom is 0.121 e. The molecule has 0 atom stereocenters. The SMILES string of the molecule is CCCCCCOc1cccc(N2CCCC2)c1. The molecule has 0 amide bonds. The van der Waals surface area contributed by atoms with E-state index in [1.54, 1.807) is 0 Å². The summed E-state index contributed by atoms with van der Waals surface area (Å²) < 4.78 is 5.83. The van der Waals surface area contributed by atoms with Crippen molar-refractivity contribution in [1.82, 2.24) is 0 Å². The van der Waals surface area contributed by atoms with E-state index in [0.29, 0.717) is 0 Å². The lowest BCUT2D eigenvalue weighted by Gasteiger charge is -2.18. The third kappa shape index (κ3) is 3.94. The molecule has 0 N–H and O–H groups in total. The van der Waals surface area contributed by atoms with Crippen molar-refractivity contribution in [2.45, 2.75) is 45.4 Å². The highest BCUT2D eigenvalue weighted by Gasteiger charge is 2.12. The minimum atomic E-state index is 0.851. The van der Waals surface area contributed by atoms with Gasteiger partial charge in [0.25, 0.3) is 0 Å². The van der Waals surface area contributed by atoms with Crippen LogP contribution < -0.4 is 9.64 Å². The average Bonchev–Trinajstić information content (AvgIpc) is 2.93. The normalized spacial score (nSPS) is 15.1. The quantitative estimate of drug-likeness (QED) is 0.668. The van der Waals surface area contributed by atoms with Gasteiger partial charge in [0, 0.05) is 24.8 Å². The van der Waals surface area contributed by atoms with Gasteiger partial charge in [0.15, 0.2) is 0 Å². The lowest BCUT2D eigenvalue weighted by atomic mass is 10.2. The fourth-order valence-electron chi connectivity index (χ4n) is 2.46. The monoisotopic (exact) mass is 247 g/mol. The molecule has 1 heterocycles. The maximum atomic E-state index is 5.83. The smallest absolute Gasteiger partial charge is 0.121 e. The van der Waals surface area contributed by atoms with Gasteiger partial charge in [-0.15, -0.1) is 0 Å². The van der Waals surface area contributed by atoms with Crippen LogP contribution in [-0.4, -0.2) is 19.7 Å². The molecule has 0 aliphatic carbocycles. The Labute approximate surface area is 111 Å². The van der Waals surface area contributed by atoms with Gasteiger partial charge in [-0.25, -0.2) is 0 Å². The molecule has 1 aromatic carbocycles. The van der Waals surface area contributed by atoms with Crippen LogP contribution in [0.25, 0.3) is 0 Å². The van der Waals surface area contributed by atoms with Crippen molar-refractivity contribution < 1.29 is 4.74 Å². The fourth-order valence-corrected chi connectivity index (χ4v) is 2.46. The highest BCUT2D eigenvalue weighted by Crippen LogP contribution is 2.24. The minimum absolute atomic E-state index is 0.851. The average molecular weight is 247 g/mol. The highest BCUT2D eigenvalue weighted by molar-refractivity contribution is 5.51. The number of benzene rings is 1. The van der Waals surface area contributed by atoms with Crippen molar-refractivity contribution in [1.29, 1.82) is 0 Å². The van der Waals surface area contributed by atoms with Gasteiger partial charge < -0.3 is 9.64 Å². The molecule has 100 valence electrons. The van der Waals surface area contributed by atoms with E-state index < -0.39 is 0 Å². The van der Waals surface area contributed by atoms with Crippen LogP contribution in [0.15, 0.2) is 24.3 Å². The second-order valence-corrected chi connectivity index (χ2v) is 5.10. The van der Waals surface area contributed by atoms with Crippen LogP contribution in [0.2, 0.25) is 0 Å². The van der Waals surface area contributed by atoms with E-state index in [2.05, 4.69) is 36.1 Å². The van der Waals surface area contributed by atoms with Gasteiger partial charge in [-0.1, -0.05) is 32.3 Å². The summed E-state index contributed by atoms with van der Waals surface area (Å²) in [6.07, 6.45) is 7.69. The van der Waals surface area contributed by atoms with Crippen LogP contribution in [0.3, 0.4) is 0 Å². The number of rotatable bonds is 7. The number of anilines is 1. The Kier molecular flexibility index (Phi) is 5.37. The summed E-state index contributed by atoms with van der Waals surface area (Å²) in [4.78, 5) is 2.45. The van der Waals surface area contributed by atoms with Gasteiger partial charge in [-0.2, -0.15) is 0 Å². The van der Waals surface area contributed by atoms with Crippen molar-refractivity contribution in [2.75, 3.05) is 24.6 Å². The van der Waals surface area contributed by atoms with E-state index in [-0.39, 0.29) is 0 Å². The highest BCUT2D eigenvalue weighted by atomic mass is 16.5. The molecular weight excluding hydrogens is 222 g/mol. The number of hydrogen-bond donors (Lipinski definition) is 0. The molecule has 1 aliphatic rings. The molecule has 0 unspecified atom stereocenters. The Morgan fingerprint density at radius 1 is 1.11 bits per heavy atom. The van der Waals surface area contributed by atoms with Gasteiger partial charge in [0.2, 0.25) is 0 Å². The number of nitrogens with zero attached hydrogens (tertiary/aromatic N) is 1. The Balaban J connectivity index is 1.79. The van der Waals surface area contributed by atoms with Crippen LogP contribution in [0, 0.1) is 0 Å². The van der Waals surface area contributed by atoms with Crippen molar-refractivity contribution in [3.8, 4) is 5.75 Å². The molecule has 0 spiro atoms. The molecule has 2 heteroatoms. The lowest BCUT2D eigenvalue weighted by Crippen LogP contribution is -2.17. The van der Waals surface area contributed by atoms with E-state index in [4.69, 9.17) is 4.74 Å². The van der Waals surface area contributed by atoms with Crippen molar-refractivity contribution in [2.24, 2.45) is 0 Å². The minimum Gasteiger partial charge on any atom is -0.494 e. The Morgan fingerprint density at radius 3 is 2.72 bits per heavy atom. The zero-order chi connectivity index (χ0) is 12.6. The number of ether oxygens (including phenoxy) is 1. The van der Waals surface area contributed by atoms with E-state index in [1.807, 2.05) is 0 Å². The molecule has 18 heavy (non-hydrogen) atoms. The van der Waals surface area contributed by atoms with E-state index in [1.165, 1.54) is 57.3 Å². The first-order chi connectivity index (χ1) is 8.90. The second kappa shape index (κ2) is 7.30. The van der Waals surface area contributed by atoms with Crippen molar-refractivity contribution in [3.05, 3.63) is 24.3 Å². The zero-order valence-electron chi connectivity index (χ0n) is 11.5. The Morgan fingerprint density at radius 2 is 1.94 bits per heavy atom. The summed E-state index contributed by atoms with van der Waals surface area (Å²) in [5.41, 5.74) is 1.32. The summed E-state index contributed by atoms with van der Waals surface area (Å²) in [5.74, 6) is 1.02. The van der Waals surface area contributed by atoms with E-state index >= 15 is 0 Å². The third-order valence-corrected chi connectivity index (χ3v) is 3.56. The van der Waals surface area contributed by atoms with Crippen LogP contribution in [0.1, 0.15) is 45.4 Å². The van der Waals surface area contributed by atoms with E-state index in [0.717, 1.165) is 12.4 Å². The van der Waals surface area contributed by atoms with Crippen LogP contribution in [0.4, 0.5) is 5.69 Å². The molecular formula is C16H25NO. The molecule has 0 saturated carbocycles. The standard InChI is InChI=1S/C16H25NO/c1-2-3-4-7-13-18-16-10-8-9-15(14-16)17-11-5-6-12-17/h8-10,14H,2-7,11-13H2,1H3. The Hall–Kier alpha value is -1.18. The summed E-state index contributed by atoms with van der Waals surface area (Å²) >= 11 is 0. The summed E-state index contributed by atoms with van der Waals surface area (Å²) in [6.45, 7) is 5.48. The number of hydrogen-bond acceptors (Lipinski definition) is 2. The predicted octanol–water partition coefficient (Wildman–Crippen LogP) is 4.25.